The lowest BCUT2D eigenvalue weighted by atomic mass is 10.2. The third kappa shape index (κ3) is 4.39. The average molecular weight is 340 g/mol. The lowest BCUT2D eigenvalue weighted by molar-refractivity contribution is 0.0603. The third-order valence-corrected chi connectivity index (χ3v) is 2.65. The molecule has 0 atom stereocenters. The van der Waals surface area contributed by atoms with Crippen LogP contribution in [0.2, 0.25) is 5.02 Å². The largest absolute Gasteiger partial charge is 0.465 e. The molecule has 9 nitrogen and oxygen atoms in total. The Morgan fingerprint density at radius 1 is 1.39 bits per heavy atom. The zero-order valence-corrected chi connectivity index (χ0v) is 13.3. The number of nitrogens with one attached hydrogen (secondary N) is 1. The SMILES string of the molecule is CC(C)(C)OC(=O)/N=C(\NC(=O)O)n1nnc2cc(Cl)ccc21. The van der Waals surface area contributed by atoms with Crippen LogP contribution in [-0.2, 0) is 4.74 Å². The molecule has 23 heavy (non-hydrogen) atoms. The Hall–Kier alpha value is -2.68. The van der Waals surface area contributed by atoms with Crippen molar-refractivity contribution in [2.24, 2.45) is 4.99 Å². The predicted octanol–water partition coefficient (Wildman–Crippen LogP) is 2.49. The van der Waals surface area contributed by atoms with E-state index in [0.29, 0.717) is 16.1 Å². The lowest BCUT2D eigenvalue weighted by Crippen LogP contribution is -2.36. The van der Waals surface area contributed by atoms with Gasteiger partial charge in [-0.1, -0.05) is 16.8 Å². The summed E-state index contributed by atoms with van der Waals surface area (Å²) >= 11 is 5.86. The van der Waals surface area contributed by atoms with Crippen LogP contribution >= 0.6 is 11.6 Å². The standard InChI is InChI=1S/C13H14ClN5O4/c1-13(2,3)23-12(22)16-10(15-11(20)21)19-9-5-4-7(14)6-8(9)17-18-19/h4-6H,1-3H3,(H,20,21)(H,15,16,22). The highest BCUT2D eigenvalue weighted by Crippen LogP contribution is 2.17. The molecule has 0 fully saturated rings. The molecular weight excluding hydrogens is 326 g/mol. The van der Waals surface area contributed by atoms with E-state index in [1.54, 1.807) is 39.0 Å². The van der Waals surface area contributed by atoms with Crippen LogP contribution in [0, 0.1) is 0 Å². The van der Waals surface area contributed by atoms with Gasteiger partial charge in [0, 0.05) is 5.02 Å². The number of carbonyl (C=O) groups excluding carboxylic acids is 1. The summed E-state index contributed by atoms with van der Waals surface area (Å²) < 4.78 is 6.11. The minimum atomic E-state index is -1.41. The molecule has 0 radical (unpaired) electrons. The highest BCUT2D eigenvalue weighted by atomic mass is 35.5. The first-order valence-electron chi connectivity index (χ1n) is 6.49. The molecule has 2 N–H and O–H groups in total. The van der Waals surface area contributed by atoms with Crippen molar-refractivity contribution in [2.45, 2.75) is 26.4 Å². The molecule has 0 aliphatic carbocycles. The molecule has 0 bridgehead atoms. The molecule has 10 heteroatoms. The van der Waals surface area contributed by atoms with Crippen molar-refractivity contribution in [3.8, 4) is 0 Å². The molecular formula is C13H14ClN5O4. The van der Waals surface area contributed by atoms with Crippen LogP contribution in [0.25, 0.3) is 11.0 Å². The molecule has 0 aliphatic heterocycles. The van der Waals surface area contributed by atoms with E-state index in [1.807, 2.05) is 5.32 Å². The molecule has 0 saturated carbocycles. The Kier molecular flexibility index (Phi) is 4.50. The zero-order valence-electron chi connectivity index (χ0n) is 12.6. The number of hydrogen-bond acceptors (Lipinski definition) is 5. The van der Waals surface area contributed by atoms with Crippen molar-refractivity contribution < 1.29 is 19.4 Å². The Morgan fingerprint density at radius 3 is 2.70 bits per heavy atom. The van der Waals surface area contributed by atoms with E-state index in [-0.39, 0.29) is 5.96 Å². The second kappa shape index (κ2) is 6.21. The van der Waals surface area contributed by atoms with Crippen LogP contribution in [0.4, 0.5) is 9.59 Å². The smallest absolute Gasteiger partial charge is 0.437 e. The van der Waals surface area contributed by atoms with E-state index in [9.17, 15) is 9.59 Å². The van der Waals surface area contributed by atoms with Crippen LogP contribution in [0.15, 0.2) is 23.2 Å². The van der Waals surface area contributed by atoms with Gasteiger partial charge in [0.25, 0.3) is 0 Å². The first-order valence-corrected chi connectivity index (χ1v) is 6.86. The van der Waals surface area contributed by atoms with Gasteiger partial charge in [-0.05, 0) is 39.0 Å². The number of ether oxygens (including phenoxy) is 1. The number of nitrogens with zero attached hydrogens (tertiary/aromatic N) is 4. The minimum Gasteiger partial charge on any atom is -0.465 e. The van der Waals surface area contributed by atoms with E-state index in [4.69, 9.17) is 21.4 Å². The molecule has 2 rings (SSSR count). The quantitative estimate of drug-likeness (QED) is 0.562. The number of hydrogen-bond donors (Lipinski definition) is 2. The van der Waals surface area contributed by atoms with E-state index < -0.39 is 17.8 Å². The van der Waals surface area contributed by atoms with Gasteiger partial charge < -0.3 is 9.84 Å². The molecule has 122 valence electrons. The maximum atomic E-state index is 11.8. The van der Waals surface area contributed by atoms with Crippen molar-refractivity contribution in [3.05, 3.63) is 23.2 Å². The number of rotatable bonds is 0. The van der Waals surface area contributed by atoms with Crippen LogP contribution in [0.3, 0.4) is 0 Å². The number of carboxylic acid groups (broad SMARTS) is 1. The summed E-state index contributed by atoms with van der Waals surface area (Å²) in [6.45, 7) is 4.99. The van der Waals surface area contributed by atoms with Gasteiger partial charge in [0.2, 0.25) is 5.96 Å². The molecule has 0 aliphatic rings. The van der Waals surface area contributed by atoms with Crippen LogP contribution < -0.4 is 5.32 Å². The lowest BCUT2D eigenvalue weighted by Gasteiger charge is -2.17. The maximum Gasteiger partial charge on any atom is 0.437 e. The molecule has 0 spiro atoms. The number of aliphatic imine (C=N–C) groups is 1. The van der Waals surface area contributed by atoms with Gasteiger partial charge in [-0.3, -0.25) is 5.32 Å². The molecule has 2 aromatic rings. The second-order valence-electron chi connectivity index (χ2n) is 5.48. The fraction of sp³-hybridized carbons (Fsp3) is 0.308. The summed E-state index contributed by atoms with van der Waals surface area (Å²) in [4.78, 5) is 26.4. The summed E-state index contributed by atoms with van der Waals surface area (Å²) in [5, 5.41) is 19.0. The number of aromatic nitrogens is 3. The van der Waals surface area contributed by atoms with Gasteiger partial charge in [0.15, 0.2) is 0 Å². The summed E-state index contributed by atoms with van der Waals surface area (Å²) in [5.74, 6) is -0.350. The molecule has 2 amide bonds. The van der Waals surface area contributed by atoms with Crippen molar-refractivity contribution in [2.75, 3.05) is 0 Å². The van der Waals surface area contributed by atoms with Crippen molar-refractivity contribution >= 4 is 40.8 Å². The van der Waals surface area contributed by atoms with E-state index in [2.05, 4.69) is 15.3 Å². The van der Waals surface area contributed by atoms with Gasteiger partial charge in [-0.2, -0.15) is 4.68 Å². The Labute approximate surface area is 135 Å². The Balaban J connectivity index is 2.45. The fourth-order valence-electron chi connectivity index (χ4n) is 1.65. The van der Waals surface area contributed by atoms with E-state index in [0.717, 1.165) is 4.68 Å². The van der Waals surface area contributed by atoms with Gasteiger partial charge in [0.1, 0.15) is 11.1 Å². The van der Waals surface area contributed by atoms with Crippen molar-refractivity contribution in [1.82, 2.24) is 20.3 Å². The van der Waals surface area contributed by atoms with Gasteiger partial charge in [-0.15, -0.1) is 10.1 Å². The summed E-state index contributed by atoms with van der Waals surface area (Å²) in [5.41, 5.74) is 0.0689. The van der Waals surface area contributed by atoms with Crippen molar-refractivity contribution in [3.63, 3.8) is 0 Å². The van der Waals surface area contributed by atoms with Crippen LogP contribution in [0.1, 0.15) is 20.8 Å². The number of halogens is 1. The number of amides is 2. The molecule has 1 aromatic carbocycles. The number of benzene rings is 1. The Bertz CT molecular complexity index is 793. The summed E-state index contributed by atoms with van der Waals surface area (Å²) in [7, 11) is 0. The molecule has 0 unspecified atom stereocenters. The highest BCUT2D eigenvalue weighted by molar-refractivity contribution is 6.31. The van der Waals surface area contributed by atoms with Crippen LogP contribution in [-0.4, -0.2) is 43.8 Å². The van der Waals surface area contributed by atoms with E-state index in [1.165, 1.54) is 0 Å². The first-order chi connectivity index (χ1) is 10.7. The Morgan fingerprint density at radius 2 is 2.09 bits per heavy atom. The van der Waals surface area contributed by atoms with Gasteiger partial charge in [-0.25, -0.2) is 9.59 Å². The van der Waals surface area contributed by atoms with E-state index >= 15 is 0 Å². The first kappa shape index (κ1) is 16.7. The highest BCUT2D eigenvalue weighted by Gasteiger charge is 2.19. The maximum absolute atomic E-state index is 11.8. The average Bonchev–Trinajstić information content (AvgIpc) is 2.77. The molecule has 0 saturated heterocycles. The third-order valence-electron chi connectivity index (χ3n) is 2.42. The zero-order chi connectivity index (χ0) is 17.2. The fourth-order valence-corrected chi connectivity index (χ4v) is 1.81. The second-order valence-corrected chi connectivity index (χ2v) is 5.92. The molecule has 1 aromatic heterocycles. The minimum absolute atomic E-state index is 0.350. The summed E-state index contributed by atoms with van der Waals surface area (Å²) in [6.07, 6.45) is -2.37. The van der Waals surface area contributed by atoms with Crippen molar-refractivity contribution in [1.29, 1.82) is 0 Å². The normalized spacial score (nSPS) is 12.3. The molecule has 1 heterocycles. The monoisotopic (exact) mass is 339 g/mol. The van der Waals surface area contributed by atoms with Gasteiger partial charge in [0.05, 0.1) is 5.52 Å². The topological polar surface area (TPSA) is 119 Å². The number of fused-ring (bicyclic) bond motifs is 1. The summed E-state index contributed by atoms with van der Waals surface area (Å²) in [6, 6.07) is 4.70. The predicted molar refractivity (Wildman–Crippen MR) is 82.8 cm³/mol. The van der Waals surface area contributed by atoms with Crippen LogP contribution in [0.5, 0.6) is 0 Å². The van der Waals surface area contributed by atoms with Gasteiger partial charge >= 0.3 is 12.2 Å². The number of carbonyl (C=O) groups is 2.